The van der Waals surface area contributed by atoms with E-state index < -0.39 is 5.97 Å². The third kappa shape index (κ3) is 4.93. The van der Waals surface area contributed by atoms with Gasteiger partial charge < -0.3 is 14.2 Å². The van der Waals surface area contributed by atoms with Crippen LogP contribution in [0.5, 0.6) is 17.2 Å². The van der Waals surface area contributed by atoms with Gasteiger partial charge in [-0.2, -0.15) is 5.26 Å². The molecule has 0 bridgehead atoms. The van der Waals surface area contributed by atoms with Gasteiger partial charge in [0.15, 0.2) is 11.5 Å². The average Bonchev–Trinajstić information content (AvgIpc) is 2.79. The minimum Gasteiger partial charge on any atom is -0.496 e. The highest BCUT2D eigenvalue weighted by molar-refractivity contribution is 5.93. The first-order valence-corrected chi connectivity index (χ1v) is 9.69. The molecule has 0 aliphatic rings. The van der Waals surface area contributed by atoms with Gasteiger partial charge in [0.2, 0.25) is 0 Å². The molecule has 0 aliphatic carbocycles. The summed E-state index contributed by atoms with van der Waals surface area (Å²) in [4.78, 5) is 12.6. The number of hydrogen-bond donors (Lipinski definition) is 0. The fourth-order valence-corrected chi connectivity index (χ4v) is 3.09. The third-order valence-electron chi connectivity index (χ3n) is 4.96. The van der Waals surface area contributed by atoms with Crippen LogP contribution in [0.25, 0.3) is 11.6 Å². The lowest BCUT2D eigenvalue weighted by atomic mass is 10.0. The molecule has 0 saturated carbocycles. The summed E-state index contributed by atoms with van der Waals surface area (Å²) in [5.74, 6) is 0.847. The Kier molecular flexibility index (Phi) is 6.74. The predicted octanol–water partition coefficient (Wildman–Crippen LogP) is 5.60. The number of hydrogen-bond acceptors (Lipinski definition) is 5. The molecule has 0 fully saturated rings. The largest absolute Gasteiger partial charge is 0.496 e. The van der Waals surface area contributed by atoms with Crippen LogP contribution in [0.1, 0.15) is 32.6 Å². The molecule has 0 aromatic heterocycles. The maximum atomic E-state index is 12.6. The van der Waals surface area contributed by atoms with Gasteiger partial charge in [0.25, 0.3) is 0 Å². The van der Waals surface area contributed by atoms with Crippen LogP contribution in [0.15, 0.2) is 60.7 Å². The fourth-order valence-electron chi connectivity index (χ4n) is 3.09. The summed E-state index contributed by atoms with van der Waals surface area (Å²) in [6.07, 6.45) is 1.73. The van der Waals surface area contributed by atoms with E-state index in [0.717, 1.165) is 16.7 Å². The predicted molar refractivity (Wildman–Crippen MR) is 120 cm³/mol. The van der Waals surface area contributed by atoms with E-state index in [1.807, 2.05) is 38.1 Å². The van der Waals surface area contributed by atoms with Crippen LogP contribution in [0, 0.1) is 25.2 Å². The molecule has 31 heavy (non-hydrogen) atoms. The molecule has 0 aliphatic heterocycles. The maximum absolute atomic E-state index is 12.6. The minimum absolute atomic E-state index is 0.304. The van der Waals surface area contributed by atoms with Crippen LogP contribution < -0.4 is 14.2 Å². The molecular weight excluding hydrogens is 390 g/mol. The number of carbonyl (C=O) groups excluding carboxylic acids is 1. The van der Waals surface area contributed by atoms with Crippen LogP contribution in [-0.4, -0.2) is 20.2 Å². The van der Waals surface area contributed by atoms with Crippen molar-refractivity contribution in [2.45, 2.75) is 13.8 Å². The first-order chi connectivity index (χ1) is 15.0. The van der Waals surface area contributed by atoms with E-state index in [1.54, 1.807) is 49.6 Å². The number of benzene rings is 3. The number of esters is 1. The van der Waals surface area contributed by atoms with Gasteiger partial charge in [-0.15, -0.1) is 0 Å². The van der Waals surface area contributed by atoms with E-state index in [9.17, 15) is 10.1 Å². The molecule has 3 aromatic rings. The van der Waals surface area contributed by atoms with E-state index >= 15 is 0 Å². The van der Waals surface area contributed by atoms with Gasteiger partial charge in [-0.25, -0.2) is 4.79 Å². The van der Waals surface area contributed by atoms with E-state index in [4.69, 9.17) is 14.2 Å². The summed E-state index contributed by atoms with van der Waals surface area (Å²) in [7, 11) is 3.07. The van der Waals surface area contributed by atoms with Crippen molar-refractivity contribution in [2.24, 2.45) is 0 Å². The van der Waals surface area contributed by atoms with Gasteiger partial charge in [0.05, 0.1) is 31.4 Å². The van der Waals surface area contributed by atoms with Gasteiger partial charge in [0.1, 0.15) is 5.75 Å². The molecule has 0 N–H and O–H groups in total. The third-order valence-corrected chi connectivity index (χ3v) is 4.96. The summed E-state index contributed by atoms with van der Waals surface area (Å²) >= 11 is 0. The van der Waals surface area contributed by atoms with Crippen molar-refractivity contribution in [3.8, 4) is 23.3 Å². The van der Waals surface area contributed by atoms with E-state index in [1.165, 1.54) is 7.11 Å². The molecule has 0 saturated heterocycles. The summed E-state index contributed by atoms with van der Waals surface area (Å²) in [6.45, 7) is 3.93. The Labute approximate surface area is 182 Å². The number of aryl methyl sites for hydroxylation is 2. The number of nitrogens with zero attached hydrogens (tertiary/aromatic N) is 1. The van der Waals surface area contributed by atoms with Crippen molar-refractivity contribution in [3.63, 3.8) is 0 Å². The molecule has 3 rings (SSSR count). The number of methoxy groups -OCH3 is 2. The molecule has 0 heterocycles. The monoisotopic (exact) mass is 413 g/mol. The van der Waals surface area contributed by atoms with Crippen molar-refractivity contribution in [1.29, 1.82) is 5.26 Å². The number of para-hydroxylation sites is 1. The molecule has 0 unspecified atom stereocenters. The second-order valence-corrected chi connectivity index (χ2v) is 6.97. The number of carbonyl (C=O) groups is 1. The topological polar surface area (TPSA) is 68.6 Å². The summed E-state index contributed by atoms with van der Waals surface area (Å²) < 4.78 is 16.3. The standard InChI is InChI=1S/C26H23NO4/c1-17-9-11-20(13-18(17)2)26(28)31-24-12-10-19(15-25(24)30-4)14-21(16-27)22-7-5-6-8-23(22)29-3/h5-15H,1-4H3/b21-14-. The number of rotatable bonds is 6. The highest BCUT2D eigenvalue weighted by Gasteiger charge is 2.14. The summed E-state index contributed by atoms with van der Waals surface area (Å²) in [5, 5.41) is 9.65. The lowest BCUT2D eigenvalue weighted by molar-refractivity contribution is 0.0729. The molecule has 0 atom stereocenters. The summed E-state index contributed by atoms with van der Waals surface area (Å²) in [5.41, 5.74) is 4.45. The minimum atomic E-state index is -0.462. The molecule has 156 valence electrons. The van der Waals surface area contributed by atoms with E-state index in [-0.39, 0.29) is 0 Å². The Morgan fingerprint density at radius 2 is 1.61 bits per heavy atom. The Morgan fingerprint density at radius 1 is 0.871 bits per heavy atom. The van der Waals surface area contributed by atoms with Crippen molar-refractivity contribution < 1.29 is 19.0 Å². The highest BCUT2D eigenvalue weighted by Crippen LogP contribution is 2.32. The summed E-state index contributed by atoms with van der Waals surface area (Å²) in [6, 6.07) is 20.1. The number of nitriles is 1. The van der Waals surface area contributed by atoms with Crippen LogP contribution in [-0.2, 0) is 0 Å². The first kappa shape index (κ1) is 21.7. The van der Waals surface area contributed by atoms with Gasteiger partial charge in [-0.1, -0.05) is 24.3 Å². The molecular formula is C26H23NO4. The second kappa shape index (κ2) is 9.64. The number of allylic oxidation sites excluding steroid dienone is 1. The Bertz CT molecular complexity index is 1190. The molecule has 0 spiro atoms. The van der Waals surface area contributed by atoms with Crippen LogP contribution >= 0.6 is 0 Å². The van der Waals surface area contributed by atoms with Gasteiger partial charge >= 0.3 is 5.97 Å². The molecule has 0 amide bonds. The quantitative estimate of drug-likeness (QED) is 0.228. The van der Waals surface area contributed by atoms with E-state index in [0.29, 0.717) is 33.9 Å². The van der Waals surface area contributed by atoms with E-state index in [2.05, 4.69) is 6.07 Å². The smallest absolute Gasteiger partial charge is 0.343 e. The van der Waals surface area contributed by atoms with Gasteiger partial charge in [-0.05, 0) is 73.0 Å². The molecule has 0 radical (unpaired) electrons. The molecule has 3 aromatic carbocycles. The zero-order valence-electron chi connectivity index (χ0n) is 17.9. The van der Waals surface area contributed by atoms with Crippen molar-refractivity contribution in [2.75, 3.05) is 14.2 Å². The van der Waals surface area contributed by atoms with Gasteiger partial charge in [-0.3, -0.25) is 0 Å². The Hall–Kier alpha value is -4.04. The second-order valence-electron chi connectivity index (χ2n) is 6.97. The average molecular weight is 413 g/mol. The van der Waals surface area contributed by atoms with Crippen LogP contribution in [0.2, 0.25) is 0 Å². The lowest BCUT2D eigenvalue weighted by Gasteiger charge is -2.11. The fraction of sp³-hybridized carbons (Fsp3) is 0.154. The molecule has 5 heteroatoms. The Morgan fingerprint density at radius 3 is 2.29 bits per heavy atom. The van der Waals surface area contributed by atoms with Gasteiger partial charge in [0, 0.05) is 5.56 Å². The first-order valence-electron chi connectivity index (χ1n) is 9.69. The molecule has 5 nitrogen and oxygen atoms in total. The van der Waals surface area contributed by atoms with Crippen LogP contribution in [0.3, 0.4) is 0 Å². The Balaban J connectivity index is 1.90. The zero-order chi connectivity index (χ0) is 22.4. The van der Waals surface area contributed by atoms with Crippen molar-refractivity contribution in [3.05, 3.63) is 88.5 Å². The van der Waals surface area contributed by atoms with Crippen LogP contribution in [0.4, 0.5) is 0 Å². The SMILES string of the molecule is COc1cc(/C=C(/C#N)c2ccccc2OC)ccc1OC(=O)c1ccc(C)c(C)c1. The highest BCUT2D eigenvalue weighted by atomic mass is 16.6. The zero-order valence-corrected chi connectivity index (χ0v) is 17.9. The maximum Gasteiger partial charge on any atom is 0.343 e. The van der Waals surface area contributed by atoms with Crippen molar-refractivity contribution >= 4 is 17.6 Å². The lowest BCUT2D eigenvalue weighted by Crippen LogP contribution is -2.09. The van der Waals surface area contributed by atoms with Crippen molar-refractivity contribution in [1.82, 2.24) is 0 Å². The normalized spacial score (nSPS) is 10.9. The number of ether oxygens (including phenoxy) is 3.